The molecule has 0 spiro atoms. The molecule has 1 heterocycles. The topological polar surface area (TPSA) is 78.6 Å². The first-order chi connectivity index (χ1) is 13.5. The van der Waals surface area contributed by atoms with Gasteiger partial charge in [0.2, 0.25) is 5.89 Å². The second-order valence-corrected chi connectivity index (χ2v) is 6.23. The lowest BCUT2D eigenvalue weighted by Gasteiger charge is -2.08. The van der Waals surface area contributed by atoms with Gasteiger partial charge in [0.25, 0.3) is 5.56 Å². The Labute approximate surface area is 164 Å². The van der Waals surface area contributed by atoms with Crippen LogP contribution in [0.3, 0.4) is 0 Å². The van der Waals surface area contributed by atoms with Crippen LogP contribution in [0.25, 0.3) is 22.4 Å². The zero-order valence-electron chi connectivity index (χ0n) is 16.6. The van der Waals surface area contributed by atoms with E-state index in [0.29, 0.717) is 34.8 Å². The van der Waals surface area contributed by atoms with Crippen LogP contribution < -0.4 is 10.3 Å². The molecule has 1 aromatic heterocycles. The molecule has 0 aliphatic rings. The maximum atomic E-state index is 12.1. The van der Waals surface area contributed by atoms with Gasteiger partial charge >= 0.3 is 6.16 Å². The molecule has 3 rings (SSSR count). The van der Waals surface area contributed by atoms with Crippen molar-refractivity contribution in [3.8, 4) is 17.2 Å². The Morgan fingerprint density at radius 2 is 1.75 bits per heavy atom. The van der Waals surface area contributed by atoms with Crippen LogP contribution in [0.2, 0.25) is 0 Å². The summed E-state index contributed by atoms with van der Waals surface area (Å²) in [6.07, 6.45) is 0.0366. The van der Waals surface area contributed by atoms with E-state index >= 15 is 0 Å². The fourth-order valence-electron chi connectivity index (χ4n) is 2.30. The molecule has 0 saturated carbocycles. The number of para-hydroxylation sites is 1. The fourth-order valence-corrected chi connectivity index (χ4v) is 2.30. The Morgan fingerprint density at radius 1 is 1.07 bits per heavy atom. The normalized spacial score (nSPS) is 10.3. The van der Waals surface area contributed by atoms with Crippen LogP contribution >= 0.6 is 0 Å². The number of carbonyl (C=O) groups excluding carboxylic acids is 1. The highest BCUT2D eigenvalue weighted by atomic mass is 16.7. The number of fused-ring (bicyclic) bond motifs is 1. The van der Waals surface area contributed by atoms with Crippen LogP contribution in [0.4, 0.5) is 4.79 Å². The van der Waals surface area contributed by atoms with Crippen molar-refractivity contribution in [1.82, 2.24) is 4.98 Å². The number of benzene rings is 2. The first-order valence-electron chi connectivity index (χ1n) is 9.38. The lowest BCUT2D eigenvalue weighted by molar-refractivity contribution is 0.0949. The summed E-state index contributed by atoms with van der Waals surface area (Å²) in [5.41, 5.74) is 0.723. The van der Waals surface area contributed by atoms with E-state index in [9.17, 15) is 9.59 Å². The van der Waals surface area contributed by atoms with Crippen LogP contribution in [-0.2, 0) is 4.74 Å². The Bertz CT molecular complexity index is 961. The maximum absolute atomic E-state index is 12.1. The number of aromatic nitrogens is 1. The first-order valence-corrected chi connectivity index (χ1v) is 9.38. The first kappa shape index (κ1) is 21.2. The van der Waals surface area contributed by atoms with Crippen molar-refractivity contribution in [2.24, 2.45) is 5.92 Å². The second kappa shape index (κ2) is 10.3. The Hall–Kier alpha value is -3.15. The Balaban J connectivity index is 0.00000136. The zero-order valence-corrected chi connectivity index (χ0v) is 16.6. The molecule has 0 bridgehead atoms. The molecule has 0 aliphatic heterocycles. The van der Waals surface area contributed by atoms with Crippen LogP contribution in [0.15, 0.2) is 57.7 Å². The van der Waals surface area contributed by atoms with Crippen molar-refractivity contribution in [2.75, 3.05) is 6.61 Å². The van der Waals surface area contributed by atoms with Gasteiger partial charge in [0.15, 0.2) is 0 Å². The van der Waals surface area contributed by atoms with E-state index in [0.717, 1.165) is 6.42 Å². The average Bonchev–Trinajstić information content (AvgIpc) is 2.70. The van der Waals surface area contributed by atoms with E-state index in [4.69, 9.17) is 13.9 Å². The number of hydrogen-bond donors (Lipinski definition) is 0. The Kier molecular flexibility index (Phi) is 7.75. The van der Waals surface area contributed by atoms with Gasteiger partial charge in [-0.1, -0.05) is 39.8 Å². The molecule has 0 fully saturated rings. The van der Waals surface area contributed by atoms with Gasteiger partial charge in [-0.25, -0.2) is 4.79 Å². The van der Waals surface area contributed by atoms with Crippen molar-refractivity contribution in [2.45, 2.75) is 34.1 Å². The van der Waals surface area contributed by atoms with Gasteiger partial charge in [0, 0.05) is 5.56 Å². The molecule has 28 heavy (non-hydrogen) atoms. The van der Waals surface area contributed by atoms with E-state index in [2.05, 4.69) is 4.98 Å². The van der Waals surface area contributed by atoms with E-state index in [1.54, 1.807) is 48.5 Å². The number of hydrogen-bond acceptors (Lipinski definition) is 6. The van der Waals surface area contributed by atoms with Crippen molar-refractivity contribution in [3.05, 3.63) is 58.9 Å². The summed E-state index contributed by atoms with van der Waals surface area (Å²) in [4.78, 5) is 27.7. The monoisotopic (exact) mass is 383 g/mol. The molecule has 0 N–H and O–H groups in total. The number of rotatable bonds is 5. The quantitative estimate of drug-likeness (QED) is 0.431. The van der Waals surface area contributed by atoms with Crippen LogP contribution in [-0.4, -0.2) is 17.7 Å². The van der Waals surface area contributed by atoms with E-state index in [1.165, 1.54) is 0 Å². The highest BCUT2D eigenvalue weighted by Gasteiger charge is 2.10. The summed E-state index contributed by atoms with van der Waals surface area (Å²) in [7, 11) is 0. The van der Waals surface area contributed by atoms with Crippen molar-refractivity contribution in [1.29, 1.82) is 0 Å². The molecule has 148 valence electrons. The van der Waals surface area contributed by atoms with Crippen molar-refractivity contribution in [3.63, 3.8) is 0 Å². The lowest BCUT2D eigenvalue weighted by atomic mass is 10.1. The second-order valence-electron chi connectivity index (χ2n) is 6.23. The lowest BCUT2D eigenvalue weighted by Crippen LogP contribution is -2.12. The van der Waals surface area contributed by atoms with Crippen LogP contribution in [0.5, 0.6) is 5.75 Å². The molecule has 0 unspecified atom stereocenters. The molecule has 0 amide bonds. The van der Waals surface area contributed by atoms with Gasteiger partial charge < -0.3 is 13.9 Å². The van der Waals surface area contributed by atoms with E-state index < -0.39 is 6.16 Å². The van der Waals surface area contributed by atoms with Gasteiger partial charge in [-0.05, 0) is 48.7 Å². The smallest absolute Gasteiger partial charge is 0.437 e. The van der Waals surface area contributed by atoms with Crippen LogP contribution in [0, 0.1) is 5.92 Å². The number of ether oxygens (including phenoxy) is 2. The summed E-state index contributed by atoms with van der Waals surface area (Å²) in [5, 5.41) is 0.431. The van der Waals surface area contributed by atoms with Crippen molar-refractivity contribution < 1.29 is 18.7 Å². The third kappa shape index (κ3) is 5.67. The molecular weight excluding hydrogens is 358 g/mol. The Morgan fingerprint density at radius 3 is 2.43 bits per heavy atom. The molecule has 0 radical (unpaired) electrons. The molecule has 0 aliphatic carbocycles. The summed E-state index contributed by atoms with van der Waals surface area (Å²) in [6.45, 7) is 8.42. The van der Waals surface area contributed by atoms with Crippen molar-refractivity contribution >= 4 is 17.1 Å². The highest BCUT2D eigenvalue weighted by molar-refractivity contribution is 5.76. The number of carbonyl (C=O) groups is 1. The largest absolute Gasteiger partial charge is 0.513 e. The van der Waals surface area contributed by atoms with Gasteiger partial charge in [-0.3, -0.25) is 4.79 Å². The predicted octanol–water partition coefficient (Wildman–Crippen LogP) is 5.44. The highest BCUT2D eigenvalue weighted by Crippen LogP contribution is 2.22. The molecular formula is C22H25NO5. The standard InChI is InChI=1S/C20H19NO5.C2H6/c1-13(2)11-12-24-20(23)25-15-9-7-14(8-10-15)19-21-18(22)16-5-3-4-6-17(16)26-19;1-2/h3-10,13H,11-12H2,1-2H3;1-2H3. The summed E-state index contributed by atoms with van der Waals surface area (Å²) >= 11 is 0. The van der Waals surface area contributed by atoms with E-state index in [-0.39, 0.29) is 11.4 Å². The summed E-state index contributed by atoms with van der Waals surface area (Å²) < 4.78 is 15.8. The fraction of sp³-hybridized carbons (Fsp3) is 0.318. The van der Waals surface area contributed by atoms with Gasteiger partial charge in [0.1, 0.15) is 11.3 Å². The SMILES string of the molecule is CC.CC(C)CCOC(=O)Oc1ccc(-c2nc(=O)c3ccccc3o2)cc1. The minimum atomic E-state index is -0.742. The third-order valence-corrected chi connectivity index (χ3v) is 3.74. The molecule has 2 aromatic carbocycles. The minimum absolute atomic E-state index is 0.208. The third-order valence-electron chi connectivity index (χ3n) is 3.74. The van der Waals surface area contributed by atoms with Gasteiger partial charge in [-0.15, -0.1) is 0 Å². The van der Waals surface area contributed by atoms with Crippen LogP contribution in [0.1, 0.15) is 34.1 Å². The molecule has 3 aromatic rings. The molecule has 0 atom stereocenters. The van der Waals surface area contributed by atoms with Gasteiger partial charge in [-0.2, -0.15) is 4.98 Å². The maximum Gasteiger partial charge on any atom is 0.513 e. The zero-order chi connectivity index (χ0) is 20.5. The average molecular weight is 383 g/mol. The molecule has 6 nitrogen and oxygen atoms in total. The number of nitrogens with zero attached hydrogens (tertiary/aromatic N) is 1. The van der Waals surface area contributed by atoms with Gasteiger partial charge in [0.05, 0.1) is 12.0 Å². The molecule has 6 heteroatoms. The van der Waals surface area contributed by atoms with E-state index in [1.807, 2.05) is 27.7 Å². The minimum Gasteiger partial charge on any atom is -0.437 e. The summed E-state index contributed by atoms with van der Waals surface area (Å²) in [5.74, 6) is 0.998. The predicted molar refractivity (Wildman–Crippen MR) is 108 cm³/mol. The molecule has 0 saturated heterocycles. The summed E-state index contributed by atoms with van der Waals surface area (Å²) in [6, 6.07) is 13.4.